The molecule has 1 aliphatic carbocycles. The molecule has 0 N–H and O–H groups in total. The van der Waals surface area contributed by atoms with Gasteiger partial charge >= 0.3 is 0 Å². The van der Waals surface area contributed by atoms with E-state index in [1.807, 2.05) is 0 Å². The molecule has 0 amide bonds. The van der Waals surface area contributed by atoms with Gasteiger partial charge in [-0.2, -0.15) is 0 Å². The summed E-state index contributed by atoms with van der Waals surface area (Å²) in [7, 11) is 0. The molecular formula is C16H22O. The molecule has 0 bridgehead atoms. The molecule has 0 radical (unpaired) electrons. The average molecular weight is 230 g/mol. The fourth-order valence-electron chi connectivity index (χ4n) is 2.05. The van der Waals surface area contributed by atoms with Crippen molar-refractivity contribution < 1.29 is 4.74 Å². The molecule has 0 heterocycles. The van der Waals surface area contributed by atoms with E-state index in [0.29, 0.717) is 5.92 Å². The van der Waals surface area contributed by atoms with E-state index >= 15 is 0 Å². The van der Waals surface area contributed by atoms with E-state index < -0.39 is 0 Å². The molecule has 17 heavy (non-hydrogen) atoms. The second-order valence-electron chi connectivity index (χ2n) is 5.09. The molecule has 0 aromatic heterocycles. The highest BCUT2D eigenvalue weighted by Crippen LogP contribution is 2.31. The van der Waals surface area contributed by atoms with Crippen LogP contribution in [0.15, 0.2) is 41.7 Å². The van der Waals surface area contributed by atoms with Crippen LogP contribution < -0.4 is 0 Å². The molecule has 92 valence electrons. The first-order chi connectivity index (χ1) is 8.25. The van der Waals surface area contributed by atoms with Crippen LogP contribution in [0.5, 0.6) is 0 Å². The molecule has 0 spiro atoms. The van der Waals surface area contributed by atoms with Gasteiger partial charge in [0.05, 0.1) is 12.4 Å². The van der Waals surface area contributed by atoms with Crippen LogP contribution >= 0.6 is 0 Å². The number of allylic oxidation sites excluding steroid dienone is 2. The van der Waals surface area contributed by atoms with Gasteiger partial charge in [-0.05, 0) is 49.7 Å². The first-order valence-electron chi connectivity index (χ1n) is 6.61. The van der Waals surface area contributed by atoms with Crippen molar-refractivity contribution in [2.75, 3.05) is 6.61 Å². The lowest BCUT2D eigenvalue weighted by atomic mass is 9.99. The van der Waals surface area contributed by atoms with Crippen molar-refractivity contribution >= 4 is 0 Å². The van der Waals surface area contributed by atoms with E-state index in [2.05, 4.69) is 44.2 Å². The monoisotopic (exact) mass is 230 g/mol. The number of benzene rings is 1. The highest BCUT2D eigenvalue weighted by atomic mass is 16.5. The van der Waals surface area contributed by atoms with Gasteiger partial charge in [-0.1, -0.05) is 37.3 Å². The molecule has 0 saturated heterocycles. The number of ether oxygens (including phenoxy) is 1. The molecule has 1 nitrogen and oxygen atoms in total. The summed E-state index contributed by atoms with van der Waals surface area (Å²) in [6, 6.07) is 10.7. The Hall–Kier alpha value is -1.24. The highest BCUT2D eigenvalue weighted by molar-refractivity contribution is 5.19. The lowest BCUT2D eigenvalue weighted by molar-refractivity contribution is 0.193. The molecule has 1 aromatic rings. The maximum absolute atomic E-state index is 5.75. The van der Waals surface area contributed by atoms with Crippen LogP contribution in [0, 0.1) is 5.92 Å². The minimum atomic E-state index is 0.689. The molecule has 0 aliphatic heterocycles. The Balaban J connectivity index is 1.67. The number of hydrogen-bond acceptors (Lipinski definition) is 1. The van der Waals surface area contributed by atoms with Crippen molar-refractivity contribution in [3.63, 3.8) is 0 Å². The summed E-state index contributed by atoms with van der Waals surface area (Å²) in [4.78, 5) is 0. The topological polar surface area (TPSA) is 9.23 Å². The Morgan fingerprint density at radius 1 is 1.24 bits per heavy atom. The van der Waals surface area contributed by atoms with Gasteiger partial charge in [-0.15, -0.1) is 0 Å². The predicted octanol–water partition coefficient (Wildman–Crippen LogP) is 4.34. The quantitative estimate of drug-likeness (QED) is 0.660. The van der Waals surface area contributed by atoms with Crippen LogP contribution in [0.4, 0.5) is 0 Å². The molecule has 1 unspecified atom stereocenters. The van der Waals surface area contributed by atoms with Crippen LogP contribution in [0.2, 0.25) is 0 Å². The van der Waals surface area contributed by atoms with E-state index in [1.165, 1.54) is 29.7 Å². The van der Waals surface area contributed by atoms with Crippen LogP contribution in [-0.2, 0) is 11.2 Å². The van der Waals surface area contributed by atoms with Gasteiger partial charge in [-0.3, -0.25) is 0 Å². The maximum Gasteiger partial charge on any atom is 0.0921 e. The zero-order chi connectivity index (χ0) is 12.1. The van der Waals surface area contributed by atoms with Crippen molar-refractivity contribution in [2.45, 2.75) is 39.5 Å². The van der Waals surface area contributed by atoms with E-state index in [0.717, 1.165) is 19.4 Å². The third kappa shape index (κ3) is 4.26. The van der Waals surface area contributed by atoms with Crippen molar-refractivity contribution in [3.05, 3.63) is 47.2 Å². The standard InChI is InChI=1S/C16H22O/c1-13(12-15-6-4-3-5-7-15)10-11-17-14(2)16-8-9-16/h3-7,13H,8-12H2,1-2H3. The van der Waals surface area contributed by atoms with Crippen LogP contribution in [0.1, 0.15) is 38.7 Å². The van der Waals surface area contributed by atoms with E-state index in [4.69, 9.17) is 4.74 Å². The predicted molar refractivity (Wildman–Crippen MR) is 71.8 cm³/mol. The zero-order valence-corrected chi connectivity index (χ0v) is 10.9. The first-order valence-corrected chi connectivity index (χ1v) is 6.61. The lowest BCUT2D eigenvalue weighted by Gasteiger charge is -2.12. The molecule has 1 fully saturated rings. The molecule has 1 heteroatoms. The molecule has 1 aromatic carbocycles. The van der Waals surface area contributed by atoms with Crippen LogP contribution in [0.25, 0.3) is 0 Å². The van der Waals surface area contributed by atoms with Crippen LogP contribution in [0.3, 0.4) is 0 Å². The maximum atomic E-state index is 5.75. The van der Waals surface area contributed by atoms with E-state index in [-0.39, 0.29) is 0 Å². The van der Waals surface area contributed by atoms with E-state index in [9.17, 15) is 0 Å². The molecule has 1 saturated carbocycles. The Morgan fingerprint density at radius 2 is 1.94 bits per heavy atom. The minimum Gasteiger partial charge on any atom is -0.498 e. The smallest absolute Gasteiger partial charge is 0.0921 e. The molecule has 2 rings (SSSR count). The van der Waals surface area contributed by atoms with Gasteiger partial charge in [0, 0.05) is 0 Å². The minimum absolute atomic E-state index is 0.689. The normalized spacial score (nSPS) is 15.5. The Morgan fingerprint density at radius 3 is 2.59 bits per heavy atom. The van der Waals surface area contributed by atoms with Gasteiger partial charge in [0.1, 0.15) is 0 Å². The van der Waals surface area contributed by atoms with Gasteiger partial charge < -0.3 is 4.74 Å². The molecular weight excluding hydrogens is 208 g/mol. The van der Waals surface area contributed by atoms with Crippen molar-refractivity contribution in [1.82, 2.24) is 0 Å². The molecule has 1 aliphatic rings. The molecule has 1 atom stereocenters. The number of hydrogen-bond donors (Lipinski definition) is 0. The summed E-state index contributed by atoms with van der Waals surface area (Å²) in [5.74, 6) is 1.87. The van der Waals surface area contributed by atoms with Gasteiger partial charge in [-0.25, -0.2) is 0 Å². The largest absolute Gasteiger partial charge is 0.498 e. The Kier molecular flexibility index (Phi) is 4.24. The summed E-state index contributed by atoms with van der Waals surface area (Å²) in [6.07, 6.45) is 4.80. The lowest BCUT2D eigenvalue weighted by Crippen LogP contribution is -2.04. The highest BCUT2D eigenvalue weighted by Gasteiger charge is 2.15. The SMILES string of the molecule is CC(OCCC(C)Cc1ccccc1)=C1CC1. The van der Waals surface area contributed by atoms with Crippen LogP contribution in [-0.4, -0.2) is 6.61 Å². The third-order valence-corrected chi connectivity index (χ3v) is 3.35. The van der Waals surface area contributed by atoms with Crippen molar-refractivity contribution in [1.29, 1.82) is 0 Å². The van der Waals surface area contributed by atoms with Gasteiger partial charge in [0.2, 0.25) is 0 Å². The van der Waals surface area contributed by atoms with Gasteiger partial charge in [0.15, 0.2) is 0 Å². The van der Waals surface area contributed by atoms with Crippen molar-refractivity contribution in [2.24, 2.45) is 5.92 Å². The third-order valence-electron chi connectivity index (χ3n) is 3.35. The zero-order valence-electron chi connectivity index (χ0n) is 10.9. The second kappa shape index (κ2) is 5.90. The first kappa shape index (κ1) is 12.2. The fourth-order valence-corrected chi connectivity index (χ4v) is 2.05. The van der Waals surface area contributed by atoms with Crippen molar-refractivity contribution in [3.8, 4) is 0 Å². The summed E-state index contributed by atoms with van der Waals surface area (Å²) in [5, 5.41) is 0. The van der Waals surface area contributed by atoms with Gasteiger partial charge in [0.25, 0.3) is 0 Å². The summed E-state index contributed by atoms with van der Waals surface area (Å²) in [5.41, 5.74) is 2.94. The summed E-state index contributed by atoms with van der Waals surface area (Å²) >= 11 is 0. The average Bonchev–Trinajstić information content (AvgIpc) is 3.14. The Bertz CT molecular complexity index is 372. The number of rotatable bonds is 6. The second-order valence-corrected chi connectivity index (χ2v) is 5.09. The summed E-state index contributed by atoms with van der Waals surface area (Å²) < 4.78 is 5.75. The summed E-state index contributed by atoms with van der Waals surface area (Å²) in [6.45, 7) is 5.27. The van der Waals surface area contributed by atoms with E-state index in [1.54, 1.807) is 0 Å². The fraction of sp³-hybridized carbons (Fsp3) is 0.500. The Labute approximate surface area is 104 Å².